The van der Waals surface area contributed by atoms with E-state index in [9.17, 15) is 4.79 Å². The van der Waals surface area contributed by atoms with Crippen LogP contribution in [0.2, 0.25) is 0 Å². The highest BCUT2D eigenvalue weighted by Crippen LogP contribution is 2.23. The van der Waals surface area contributed by atoms with E-state index >= 15 is 0 Å². The van der Waals surface area contributed by atoms with Gasteiger partial charge >= 0.3 is 0 Å². The first-order valence-corrected chi connectivity index (χ1v) is 7.43. The third kappa shape index (κ3) is 5.39. The SMILES string of the molecule is COc1cc(CCC(=O)N2CCCNCC2)cc(OC)c1.Cl. The number of hydrogen-bond donors (Lipinski definition) is 1. The molecule has 1 aromatic rings. The van der Waals surface area contributed by atoms with Crippen molar-refractivity contribution >= 4 is 18.3 Å². The van der Waals surface area contributed by atoms with E-state index in [1.165, 1.54) is 0 Å². The fraction of sp³-hybridized carbons (Fsp3) is 0.562. The molecule has 1 aromatic carbocycles. The summed E-state index contributed by atoms with van der Waals surface area (Å²) in [6.45, 7) is 3.54. The highest BCUT2D eigenvalue weighted by molar-refractivity contribution is 5.85. The van der Waals surface area contributed by atoms with Crippen LogP contribution in [0.4, 0.5) is 0 Å². The molecule has 0 unspecified atom stereocenters. The van der Waals surface area contributed by atoms with Crippen LogP contribution in [0.15, 0.2) is 18.2 Å². The van der Waals surface area contributed by atoms with Gasteiger partial charge in [0.1, 0.15) is 11.5 Å². The summed E-state index contributed by atoms with van der Waals surface area (Å²) < 4.78 is 10.5. The first-order valence-electron chi connectivity index (χ1n) is 7.43. The Balaban J connectivity index is 0.00000242. The zero-order chi connectivity index (χ0) is 15.1. The number of carbonyl (C=O) groups excluding carboxylic acids is 1. The molecule has 6 heteroatoms. The number of amides is 1. The molecule has 1 saturated heterocycles. The minimum absolute atomic E-state index is 0. The Hall–Kier alpha value is -1.46. The van der Waals surface area contributed by atoms with Gasteiger partial charge < -0.3 is 19.7 Å². The maximum absolute atomic E-state index is 12.3. The number of halogens is 1. The molecule has 22 heavy (non-hydrogen) atoms. The second kappa shape index (κ2) is 9.54. The van der Waals surface area contributed by atoms with Crippen molar-refractivity contribution in [1.82, 2.24) is 10.2 Å². The number of carbonyl (C=O) groups is 1. The van der Waals surface area contributed by atoms with Gasteiger partial charge in [-0.25, -0.2) is 0 Å². The van der Waals surface area contributed by atoms with Gasteiger partial charge in [-0.1, -0.05) is 0 Å². The molecule has 1 aliphatic rings. The molecule has 0 aliphatic carbocycles. The molecule has 1 amide bonds. The molecule has 1 aliphatic heterocycles. The summed E-state index contributed by atoms with van der Waals surface area (Å²) in [5, 5.41) is 3.31. The van der Waals surface area contributed by atoms with E-state index in [0.29, 0.717) is 12.8 Å². The second-order valence-electron chi connectivity index (χ2n) is 5.21. The van der Waals surface area contributed by atoms with E-state index in [1.807, 2.05) is 23.1 Å². The lowest BCUT2D eigenvalue weighted by molar-refractivity contribution is -0.130. The minimum Gasteiger partial charge on any atom is -0.497 e. The Labute approximate surface area is 138 Å². The van der Waals surface area contributed by atoms with Crippen LogP contribution in [0.5, 0.6) is 11.5 Å². The van der Waals surface area contributed by atoms with Gasteiger partial charge in [-0.3, -0.25) is 4.79 Å². The molecule has 0 bridgehead atoms. The normalized spacial score (nSPS) is 14.7. The Morgan fingerprint density at radius 1 is 1.14 bits per heavy atom. The molecule has 0 radical (unpaired) electrons. The van der Waals surface area contributed by atoms with E-state index in [4.69, 9.17) is 9.47 Å². The molecule has 1 N–H and O–H groups in total. The minimum atomic E-state index is 0. The number of rotatable bonds is 5. The fourth-order valence-corrected chi connectivity index (χ4v) is 2.52. The summed E-state index contributed by atoms with van der Waals surface area (Å²) in [4.78, 5) is 14.2. The third-order valence-electron chi connectivity index (χ3n) is 3.73. The molecule has 1 heterocycles. The molecule has 2 rings (SSSR count). The highest BCUT2D eigenvalue weighted by atomic mass is 35.5. The predicted octanol–water partition coefficient (Wildman–Crippen LogP) is 1.88. The van der Waals surface area contributed by atoms with Gasteiger partial charge in [0.25, 0.3) is 0 Å². The molecule has 0 aromatic heterocycles. The highest BCUT2D eigenvalue weighted by Gasteiger charge is 2.15. The number of nitrogens with one attached hydrogen (secondary N) is 1. The molecule has 0 atom stereocenters. The number of hydrogen-bond acceptors (Lipinski definition) is 4. The van der Waals surface area contributed by atoms with Crippen molar-refractivity contribution in [2.45, 2.75) is 19.3 Å². The topological polar surface area (TPSA) is 50.8 Å². The predicted molar refractivity (Wildman–Crippen MR) is 89.2 cm³/mol. The van der Waals surface area contributed by atoms with Crippen LogP contribution in [0.25, 0.3) is 0 Å². The lowest BCUT2D eigenvalue weighted by Crippen LogP contribution is -2.34. The van der Waals surface area contributed by atoms with Crippen LogP contribution in [-0.4, -0.2) is 51.2 Å². The van der Waals surface area contributed by atoms with Crippen molar-refractivity contribution in [2.75, 3.05) is 40.4 Å². The number of benzene rings is 1. The number of methoxy groups -OCH3 is 2. The second-order valence-corrected chi connectivity index (χ2v) is 5.21. The molecule has 5 nitrogen and oxygen atoms in total. The van der Waals surface area contributed by atoms with Gasteiger partial charge in [0.05, 0.1) is 14.2 Å². The van der Waals surface area contributed by atoms with Crippen molar-refractivity contribution in [3.63, 3.8) is 0 Å². The largest absolute Gasteiger partial charge is 0.497 e. The molecular weight excluding hydrogens is 304 g/mol. The summed E-state index contributed by atoms with van der Waals surface area (Å²) >= 11 is 0. The van der Waals surface area contributed by atoms with E-state index in [2.05, 4.69) is 5.32 Å². The maximum atomic E-state index is 12.3. The number of aryl methyl sites for hydroxylation is 1. The van der Waals surface area contributed by atoms with Crippen LogP contribution in [-0.2, 0) is 11.2 Å². The Bertz CT molecular complexity index is 452. The first-order chi connectivity index (χ1) is 10.2. The van der Waals surface area contributed by atoms with Crippen molar-refractivity contribution < 1.29 is 14.3 Å². The summed E-state index contributed by atoms with van der Waals surface area (Å²) in [5.74, 6) is 1.74. The summed E-state index contributed by atoms with van der Waals surface area (Å²) in [7, 11) is 3.27. The average molecular weight is 329 g/mol. The van der Waals surface area contributed by atoms with Crippen LogP contribution >= 0.6 is 12.4 Å². The van der Waals surface area contributed by atoms with Crippen LogP contribution in [0.1, 0.15) is 18.4 Å². The summed E-state index contributed by atoms with van der Waals surface area (Å²) in [5.41, 5.74) is 1.06. The Morgan fingerprint density at radius 3 is 2.45 bits per heavy atom. The monoisotopic (exact) mass is 328 g/mol. The molecule has 0 spiro atoms. The van der Waals surface area contributed by atoms with E-state index in [-0.39, 0.29) is 18.3 Å². The zero-order valence-corrected chi connectivity index (χ0v) is 14.1. The average Bonchev–Trinajstić information content (AvgIpc) is 2.81. The van der Waals surface area contributed by atoms with E-state index in [1.54, 1.807) is 14.2 Å². The lowest BCUT2D eigenvalue weighted by atomic mass is 10.1. The van der Waals surface area contributed by atoms with Crippen molar-refractivity contribution in [1.29, 1.82) is 0 Å². The maximum Gasteiger partial charge on any atom is 0.222 e. The van der Waals surface area contributed by atoms with Crippen molar-refractivity contribution in [3.05, 3.63) is 23.8 Å². The molecule has 124 valence electrons. The standard InChI is InChI=1S/C16H24N2O3.ClH/c1-20-14-10-13(11-15(12-14)21-2)4-5-16(19)18-8-3-6-17-7-9-18;/h10-12,17H,3-9H2,1-2H3;1H. The fourth-order valence-electron chi connectivity index (χ4n) is 2.52. The number of nitrogens with zero attached hydrogens (tertiary/aromatic N) is 1. The van der Waals surface area contributed by atoms with Gasteiger partial charge in [0.15, 0.2) is 0 Å². The molecule has 1 fully saturated rings. The molecular formula is C16H25ClN2O3. The first kappa shape index (κ1) is 18.6. The smallest absolute Gasteiger partial charge is 0.222 e. The van der Waals surface area contributed by atoms with Crippen molar-refractivity contribution in [3.8, 4) is 11.5 Å². The van der Waals surface area contributed by atoms with E-state index in [0.717, 1.165) is 49.7 Å². The molecule has 0 saturated carbocycles. The van der Waals surface area contributed by atoms with Crippen LogP contribution in [0, 0.1) is 0 Å². The number of ether oxygens (including phenoxy) is 2. The van der Waals surface area contributed by atoms with Crippen LogP contribution in [0.3, 0.4) is 0 Å². The van der Waals surface area contributed by atoms with Gasteiger partial charge in [-0.05, 0) is 37.1 Å². The summed E-state index contributed by atoms with van der Waals surface area (Å²) in [6.07, 6.45) is 2.26. The van der Waals surface area contributed by atoms with Gasteiger partial charge in [-0.2, -0.15) is 0 Å². The van der Waals surface area contributed by atoms with Gasteiger partial charge in [0, 0.05) is 32.1 Å². The van der Waals surface area contributed by atoms with Crippen LogP contribution < -0.4 is 14.8 Å². The van der Waals surface area contributed by atoms with E-state index < -0.39 is 0 Å². The van der Waals surface area contributed by atoms with Gasteiger partial charge in [0.2, 0.25) is 5.91 Å². The van der Waals surface area contributed by atoms with Crippen molar-refractivity contribution in [2.24, 2.45) is 0 Å². The Kier molecular flexibility index (Phi) is 8.06. The zero-order valence-electron chi connectivity index (χ0n) is 13.3. The quantitative estimate of drug-likeness (QED) is 0.896. The third-order valence-corrected chi connectivity index (χ3v) is 3.73. The van der Waals surface area contributed by atoms with Gasteiger partial charge in [-0.15, -0.1) is 12.4 Å². The Morgan fingerprint density at radius 2 is 1.82 bits per heavy atom. The summed E-state index contributed by atoms with van der Waals surface area (Å²) in [6, 6.07) is 5.76. The lowest BCUT2D eigenvalue weighted by Gasteiger charge is -2.20.